The fraction of sp³-hybridized carbons (Fsp3) is 0.958. The van der Waals surface area contributed by atoms with Crippen molar-refractivity contribution >= 4 is 5.97 Å². The SMILES string of the molecule is CC1(CC2(CC3(C)CCC4OC4C3)C3OC3CCC2(C)C(=O)O)CCC2OC2C1. The normalized spacial score (nSPS) is 59.8. The molecule has 29 heavy (non-hydrogen) atoms. The molecule has 0 aromatic rings. The number of rotatable bonds is 5. The predicted octanol–water partition coefficient (Wildman–Crippen LogP) is 4.32. The standard InChI is InChI=1S/C24H36O5/c1-21(7-4-14-17(10-21)27-14)12-24(13-22(2)8-5-15-18(11-22)28-15)19-16(29-19)6-9-23(24,3)20(25)26/h14-19H,4-13H2,1-3H3,(H,25,26). The molecule has 0 radical (unpaired) electrons. The third-order valence-electron chi connectivity index (χ3n) is 9.94. The highest BCUT2D eigenvalue weighted by atomic mass is 16.6. The first-order valence-corrected chi connectivity index (χ1v) is 11.9. The van der Waals surface area contributed by atoms with Crippen LogP contribution in [0.5, 0.6) is 0 Å². The molecule has 3 heterocycles. The molecule has 5 heteroatoms. The maximum Gasteiger partial charge on any atom is 0.310 e. The Labute approximate surface area is 173 Å². The summed E-state index contributed by atoms with van der Waals surface area (Å²) in [6, 6.07) is 0. The van der Waals surface area contributed by atoms with Crippen molar-refractivity contribution in [1.29, 1.82) is 0 Å². The quantitative estimate of drug-likeness (QED) is 0.691. The summed E-state index contributed by atoms with van der Waals surface area (Å²) in [5.41, 5.74) is -0.731. The van der Waals surface area contributed by atoms with Gasteiger partial charge in [-0.3, -0.25) is 4.79 Å². The van der Waals surface area contributed by atoms with Gasteiger partial charge in [-0.05, 0) is 82.0 Å². The summed E-state index contributed by atoms with van der Waals surface area (Å²) >= 11 is 0. The maximum atomic E-state index is 12.8. The molecule has 9 unspecified atom stereocenters. The van der Waals surface area contributed by atoms with Crippen LogP contribution >= 0.6 is 0 Å². The first kappa shape index (κ1) is 19.1. The number of hydrogen-bond acceptors (Lipinski definition) is 4. The number of carboxylic acid groups (broad SMARTS) is 1. The monoisotopic (exact) mass is 404 g/mol. The summed E-state index contributed by atoms with van der Waals surface area (Å²) in [6.45, 7) is 6.83. The number of carboxylic acids is 1. The lowest BCUT2D eigenvalue weighted by molar-refractivity contribution is -0.168. The number of hydrogen-bond donors (Lipinski definition) is 1. The summed E-state index contributed by atoms with van der Waals surface area (Å²) in [5.74, 6) is -0.619. The van der Waals surface area contributed by atoms with Crippen molar-refractivity contribution in [2.75, 3.05) is 0 Å². The van der Waals surface area contributed by atoms with Gasteiger partial charge in [0, 0.05) is 5.41 Å². The van der Waals surface area contributed by atoms with Gasteiger partial charge in [0.2, 0.25) is 0 Å². The van der Waals surface area contributed by atoms with Crippen LogP contribution in [0.15, 0.2) is 0 Å². The predicted molar refractivity (Wildman–Crippen MR) is 107 cm³/mol. The molecule has 6 rings (SSSR count). The zero-order valence-corrected chi connectivity index (χ0v) is 18.1. The molecule has 0 aromatic carbocycles. The molecule has 5 nitrogen and oxygen atoms in total. The van der Waals surface area contributed by atoms with E-state index >= 15 is 0 Å². The Hall–Kier alpha value is -0.650. The van der Waals surface area contributed by atoms with Gasteiger partial charge in [-0.25, -0.2) is 0 Å². The van der Waals surface area contributed by atoms with Gasteiger partial charge in [0.25, 0.3) is 0 Å². The summed E-state index contributed by atoms with van der Waals surface area (Å²) in [5, 5.41) is 10.5. The summed E-state index contributed by atoms with van der Waals surface area (Å²) in [4.78, 5) is 12.8. The van der Waals surface area contributed by atoms with E-state index in [1.54, 1.807) is 0 Å². The maximum absolute atomic E-state index is 12.8. The highest BCUT2D eigenvalue weighted by Gasteiger charge is 2.71. The molecule has 3 aliphatic carbocycles. The summed E-state index contributed by atoms with van der Waals surface area (Å²) in [6.07, 6.45) is 12.4. The minimum Gasteiger partial charge on any atom is -0.481 e. The van der Waals surface area contributed by atoms with E-state index in [1.165, 1.54) is 0 Å². The van der Waals surface area contributed by atoms with Crippen LogP contribution in [0.3, 0.4) is 0 Å². The van der Waals surface area contributed by atoms with Gasteiger partial charge in [-0.1, -0.05) is 13.8 Å². The van der Waals surface area contributed by atoms with Gasteiger partial charge in [-0.15, -0.1) is 0 Å². The van der Waals surface area contributed by atoms with Crippen molar-refractivity contribution < 1.29 is 24.1 Å². The number of aliphatic carboxylic acids is 1. The summed E-state index contributed by atoms with van der Waals surface area (Å²) < 4.78 is 18.0. The molecule has 0 amide bonds. The van der Waals surface area contributed by atoms with Crippen LogP contribution in [0.25, 0.3) is 0 Å². The van der Waals surface area contributed by atoms with Gasteiger partial charge in [0.1, 0.15) is 0 Å². The lowest BCUT2D eigenvalue weighted by Gasteiger charge is -2.55. The van der Waals surface area contributed by atoms with E-state index in [2.05, 4.69) is 13.8 Å². The average Bonchev–Trinajstić information content (AvgIpc) is 3.50. The van der Waals surface area contributed by atoms with E-state index in [9.17, 15) is 9.90 Å². The van der Waals surface area contributed by atoms with Gasteiger partial charge in [0.15, 0.2) is 0 Å². The van der Waals surface area contributed by atoms with Crippen LogP contribution in [-0.4, -0.2) is 47.7 Å². The van der Waals surface area contributed by atoms with Crippen molar-refractivity contribution in [3.05, 3.63) is 0 Å². The van der Waals surface area contributed by atoms with Crippen molar-refractivity contribution in [2.24, 2.45) is 21.7 Å². The molecule has 3 saturated carbocycles. The Bertz CT molecular complexity index is 701. The first-order valence-electron chi connectivity index (χ1n) is 11.9. The number of epoxide rings is 3. The minimum atomic E-state index is -0.723. The third-order valence-corrected chi connectivity index (χ3v) is 9.94. The smallest absolute Gasteiger partial charge is 0.310 e. The lowest BCUT2D eigenvalue weighted by atomic mass is 9.46. The van der Waals surface area contributed by atoms with Crippen LogP contribution < -0.4 is 0 Å². The van der Waals surface area contributed by atoms with Gasteiger partial charge < -0.3 is 19.3 Å². The molecule has 3 saturated heterocycles. The van der Waals surface area contributed by atoms with Crippen molar-refractivity contribution in [1.82, 2.24) is 0 Å². The molecular formula is C24H36O5. The fourth-order valence-electron chi connectivity index (χ4n) is 8.04. The van der Waals surface area contributed by atoms with E-state index in [0.717, 1.165) is 64.2 Å². The minimum absolute atomic E-state index is 0.113. The summed E-state index contributed by atoms with van der Waals surface area (Å²) in [7, 11) is 0. The Kier molecular flexibility index (Phi) is 3.80. The van der Waals surface area contributed by atoms with Crippen LogP contribution in [0.1, 0.15) is 85.0 Å². The Morgan fingerprint density at radius 3 is 1.79 bits per heavy atom. The van der Waals surface area contributed by atoms with Crippen molar-refractivity contribution in [3.8, 4) is 0 Å². The van der Waals surface area contributed by atoms with Crippen LogP contribution in [0.2, 0.25) is 0 Å². The van der Waals surface area contributed by atoms with E-state index in [0.29, 0.717) is 24.4 Å². The second-order valence-corrected chi connectivity index (χ2v) is 12.3. The fourth-order valence-corrected chi connectivity index (χ4v) is 8.04. The van der Waals surface area contributed by atoms with Gasteiger partial charge in [-0.2, -0.15) is 0 Å². The van der Waals surface area contributed by atoms with E-state index in [1.807, 2.05) is 6.92 Å². The number of carbonyl (C=O) groups is 1. The van der Waals surface area contributed by atoms with Crippen LogP contribution in [0.4, 0.5) is 0 Å². The molecule has 0 aromatic heterocycles. The highest BCUT2D eigenvalue weighted by Crippen LogP contribution is 2.69. The molecule has 6 fully saturated rings. The lowest BCUT2D eigenvalue weighted by Crippen LogP contribution is -2.56. The number of fused-ring (bicyclic) bond motifs is 3. The first-order chi connectivity index (χ1) is 13.7. The molecular weight excluding hydrogens is 368 g/mol. The van der Waals surface area contributed by atoms with Gasteiger partial charge in [0.05, 0.1) is 42.0 Å². The third kappa shape index (κ3) is 2.86. The Morgan fingerprint density at radius 1 is 0.793 bits per heavy atom. The molecule has 162 valence electrons. The van der Waals surface area contributed by atoms with Crippen LogP contribution in [-0.2, 0) is 19.0 Å². The van der Waals surface area contributed by atoms with E-state index in [-0.39, 0.29) is 28.5 Å². The van der Waals surface area contributed by atoms with Crippen molar-refractivity contribution in [3.63, 3.8) is 0 Å². The van der Waals surface area contributed by atoms with Gasteiger partial charge >= 0.3 is 5.97 Å². The molecule has 0 bridgehead atoms. The second kappa shape index (κ2) is 5.77. The van der Waals surface area contributed by atoms with Crippen LogP contribution in [0, 0.1) is 21.7 Å². The topological polar surface area (TPSA) is 74.9 Å². The molecule has 1 N–H and O–H groups in total. The largest absolute Gasteiger partial charge is 0.481 e. The second-order valence-electron chi connectivity index (χ2n) is 12.3. The average molecular weight is 405 g/mol. The molecule has 9 atom stereocenters. The zero-order chi connectivity index (χ0) is 20.2. The highest BCUT2D eigenvalue weighted by molar-refractivity contribution is 5.76. The number of ether oxygens (including phenoxy) is 3. The van der Waals surface area contributed by atoms with E-state index < -0.39 is 11.4 Å². The molecule has 0 spiro atoms. The molecule has 6 aliphatic rings. The Morgan fingerprint density at radius 2 is 1.31 bits per heavy atom. The Balaban J connectivity index is 1.37. The zero-order valence-electron chi connectivity index (χ0n) is 18.1. The molecule has 3 aliphatic heterocycles. The van der Waals surface area contributed by atoms with Crippen molar-refractivity contribution in [2.45, 2.75) is 122 Å². The van der Waals surface area contributed by atoms with E-state index in [4.69, 9.17) is 14.2 Å².